The van der Waals surface area contributed by atoms with Crippen LogP contribution < -0.4 is 15.8 Å². The van der Waals surface area contributed by atoms with Crippen molar-refractivity contribution in [2.75, 3.05) is 23.5 Å². The average Bonchev–Trinajstić information content (AvgIpc) is 2.94. The van der Waals surface area contributed by atoms with Crippen LogP contribution in [0.3, 0.4) is 0 Å². The number of H-pyrrole nitrogens is 1. The molecule has 104 valence electrons. The van der Waals surface area contributed by atoms with Gasteiger partial charge in [-0.2, -0.15) is 0 Å². The molecule has 9 heteroatoms. The van der Waals surface area contributed by atoms with Gasteiger partial charge in [0.25, 0.3) is 5.56 Å². The van der Waals surface area contributed by atoms with Crippen LogP contribution in [0.2, 0.25) is 0 Å². The quantitative estimate of drug-likeness (QED) is 0.395. The van der Waals surface area contributed by atoms with Gasteiger partial charge in [-0.05, 0) is 0 Å². The Hall–Kier alpha value is -1.68. The molecule has 0 saturated carbocycles. The van der Waals surface area contributed by atoms with Gasteiger partial charge in [-0.15, -0.1) is 0 Å². The summed E-state index contributed by atoms with van der Waals surface area (Å²) >= 11 is 0. The monoisotopic (exact) mass is 270 g/mol. The van der Waals surface area contributed by atoms with E-state index in [1.54, 1.807) is 0 Å². The van der Waals surface area contributed by atoms with Gasteiger partial charge >= 0.3 is 0 Å². The zero-order valence-electron chi connectivity index (χ0n) is 9.85. The first-order valence-electron chi connectivity index (χ1n) is 5.84. The molecule has 2 aliphatic heterocycles. The molecule has 3 rings (SSSR count). The normalized spacial score (nSPS) is 33.3. The maximum absolute atomic E-state index is 11.6. The summed E-state index contributed by atoms with van der Waals surface area (Å²) in [5.74, 6) is 0.346. The van der Waals surface area contributed by atoms with E-state index < -0.39 is 31.1 Å². The summed E-state index contributed by atoms with van der Waals surface area (Å²) in [6.45, 7) is -0.173. The van der Waals surface area contributed by atoms with Crippen molar-refractivity contribution in [2.45, 2.75) is 24.5 Å². The molecule has 1 aromatic heterocycles. The summed E-state index contributed by atoms with van der Waals surface area (Å²) < 4.78 is 5.40. The molecule has 3 heterocycles. The predicted molar refractivity (Wildman–Crippen MR) is 63.6 cm³/mol. The fourth-order valence-electron chi connectivity index (χ4n) is 2.35. The largest absolute Gasteiger partial charge is 0.394 e. The van der Waals surface area contributed by atoms with Crippen LogP contribution in [0.1, 0.15) is 0 Å². The predicted octanol–water partition coefficient (Wildman–Crippen LogP) is -2.60. The van der Waals surface area contributed by atoms with Gasteiger partial charge in [0.2, 0.25) is 0 Å². The fraction of sp³-hybridized carbons (Fsp3) is 0.600. The Morgan fingerprint density at radius 3 is 2.95 bits per heavy atom. The van der Waals surface area contributed by atoms with Gasteiger partial charge in [-0.3, -0.25) is 4.79 Å². The number of hydrogen-bond acceptors (Lipinski definition) is 8. The van der Waals surface area contributed by atoms with Gasteiger partial charge in [-0.25, -0.2) is 4.98 Å². The zero-order chi connectivity index (χ0) is 13.6. The maximum atomic E-state index is 11.6. The van der Waals surface area contributed by atoms with E-state index in [0.717, 1.165) is 0 Å². The number of nitrogens with zero attached hydrogens (tertiary/aromatic N) is 2. The van der Waals surface area contributed by atoms with Crippen molar-refractivity contribution in [1.82, 2.24) is 9.97 Å². The molecule has 0 aromatic carbocycles. The topological polar surface area (TPSA) is 131 Å². The van der Waals surface area contributed by atoms with Crippen molar-refractivity contribution in [3.8, 4) is 0 Å². The second-order valence-corrected chi connectivity index (χ2v) is 4.46. The highest BCUT2D eigenvalue weighted by Gasteiger charge is 2.47. The van der Waals surface area contributed by atoms with Gasteiger partial charge in [0.05, 0.1) is 19.6 Å². The van der Waals surface area contributed by atoms with E-state index in [-0.39, 0.29) is 12.2 Å². The van der Waals surface area contributed by atoms with Gasteiger partial charge < -0.3 is 35.3 Å². The Balaban J connectivity index is 1.90. The lowest BCUT2D eigenvalue weighted by Gasteiger charge is -2.26. The molecule has 0 bridgehead atoms. The lowest BCUT2D eigenvalue weighted by Crippen LogP contribution is -2.44. The molecule has 4 atom stereocenters. The van der Waals surface area contributed by atoms with Crippen LogP contribution in [0.5, 0.6) is 0 Å². The van der Waals surface area contributed by atoms with Crippen molar-refractivity contribution < 1.29 is 20.1 Å². The molecule has 0 spiro atoms. The number of fused-ring (bicyclic) bond motifs is 1. The van der Waals surface area contributed by atoms with Crippen molar-refractivity contribution in [3.05, 3.63) is 16.7 Å². The summed E-state index contributed by atoms with van der Waals surface area (Å²) in [7, 11) is 0. The van der Waals surface area contributed by atoms with E-state index in [4.69, 9.17) is 9.84 Å². The molecule has 19 heavy (non-hydrogen) atoms. The smallest absolute Gasteiger partial charge is 0.276 e. The Bertz CT molecular complexity index is 535. The maximum Gasteiger partial charge on any atom is 0.276 e. The number of aliphatic hydroxyl groups is 3. The van der Waals surface area contributed by atoms with Crippen molar-refractivity contribution in [3.63, 3.8) is 0 Å². The van der Waals surface area contributed by atoms with Crippen molar-refractivity contribution in [2.24, 2.45) is 0 Å². The highest BCUT2D eigenvalue weighted by atomic mass is 16.6. The zero-order valence-corrected chi connectivity index (χ0v) is 9.85. The van der Waals surface area contributed by atoms with Gasteiger partial charge in [-0.1, -0.05) is 0 Å². The number of nitrogens with one attached hydrogen (secondary N) is 2. The van der Waals surface area contributed by atoms with Crippen molar-refractivity contribution in [1.29, 1.82) is 0 Å². The second kappa shape index (κ2) is 4.46. The molecule has 1 fully saturated rings. The highest BCUT2D eigenvalue weighted by Crippen LogP contribution is 2.32. The van der Waals surface area contributed by atoms with Crippen molar-refractivity contribution >= 4 is 11.5 Å². The number of aromatic nitrogens is 2. The number of anilines is 2. The minimum absolute atomic E-state index is 0.224. The summed E-state index contributed by atoms with van der Waals surface area (Å²) in [6.07, 6.45) is -2.84. The summed E-state index contributed by atoms with van der Waals surface area (Å²) in [5, 5.41) is 31.6. The second-order valence-electron chi connectivity index (χ2n) is 4.46. The Kier molecular flexibility index (Phi) is 2.90. The third kappa shape index (κ3) is 1.78. The lowest BCUT2D eigenvalue weighted by molar-refractivity contribution is -0.0219. The SMILES string of the molecule is O=c1[nH]cnc2c1NCN2C1OC(CO)C(O)C1O. The molecule has 1 aromatic rings. The summed E-state index contributed by atoms with van der Waals surface area (Å²) in [4.78, 5) is 19.6. The molecule has 2 aliphatic rings. The summed E-state index contributed by atoms with van der Waals surface area (Å²) in [6, 6.07) is 0. The fourth-order valence-corrected chi connectivity index (χ4v) is 2.35. The number of hydrogen-bond donors (Lipinski definition) is 5. The first-order chi connectivity index (χ1) is 9.13. The molecule has 0 aliphatic carbocycles. The number of aromatic amines is 1. The van der Waals surface area contributed by atoms with Gasteiger partial charge in [0.1, 0.15) is 24.0 Å². The summed E-state index contributed by atoms with van der Waals surface area (Å²) in [5.41, 5.74) is -0.0283. The first kappa shape index (κ1) is 12.4. The van der Waals surface area contributed by atoms with Gasteiger partial charge in [0, 0.05) is 0 Å². The Morgan fingerprint density at radius 2 is 2.26 bits per heavy atom. The van der Waals surface area contributed by atoms with Crippen LogP contribution in [0.4, 0.5) is 11.5 Å². The molecule has 1 saturated heterocycles. The van der Waals surface area contributed by atoms with Crippen LogP contribution in [0, 0.1) is 0 Å². The van der Waals surface area contributed by atoms with Crippen LogP contribution in [0.25, 0.3) is 0 Å². The first-order valence-corrected chi connectivity index (χ1v) is 5.84. The Morgan fingerprint density at radius 1 is 1.47 bits per heavy atom. The number of aliphatic hydroxyl groups excluding tert-OH is 3. The molecular formula is C10H14N4O5. The van der Waals surface area contributed by atoms with Crippen LogP contribution in [0.15, 0.2) is 11.1 Å². The Labute approximate surface area is 107 Å². The van der Waals surface area contributed by atoms with Crippen LogP contribution >= 0.6 is 0 Å². The standard InChI is InChI=1S/C10H14N4O5/c15-1-4-6(16)7(17)10(19-4)14-3-13-5-8(14)11-2-12-9(5)18/h2,4,6-7,10,13,15-17H,1,3H2,(H,11,12,18). The minimum Gasteiger partial charge on any atom is -0.394 e. The molecule has 0 radical (unpaired) electrons. The molecule has 0 amide bonds. The minimum atomic E-state index is -1.19. The van der Waals surface area contributed by atoms with E-state index in [9.17, 15) is 15.0 Å². The third-order valence-electron chi connectivity index (χ3n) is 3.36. The van der Waals surface area contributed by atoms with Crippen LogP contribution in [-0.2, 0) is 4.74 Å². The van der Waals surface area contributed by atoms with E-state index >= 15 is 0 Å². The highest BCUT2D eigenvalue weighted by molar-refractivity contribution is 5.69. The number of rotatable bonds is 2. The molecule has 9 nitrogen and oxygen atoms in total. The van der Waals surface area contributed by atoms with Crippen LogP contribution in [-0.4, -0.2) is 63.1 Å². The number of ether oxygens (including phenoxy) is 1. The molecular weight excluding hydrogens is 256 g/mol. The van der Waals surface area contributed by atoms with Gasteiger partial charge in [0.15, 0.2) is 12.0 Å². The third-order valence-corrected chi connectivity index (χ3v) is 3.36. The molecule has 4 unspecified atom stereocenters. The lowest BCUT2D eigenvalue weighted by atomic mass is 10.1. The van der Waals surface area contributed by atoms with E-state index in [1.165, 1.54) is 11.2 Å². The van der Waals surface area contributed by atoms with E-state index in [2.05, 4.69) is 15.3 Å². The van der Waals surface area contributed by atoms with E-state index in [0.29, 0.717) is 11.5 Å². The van der Waals surface area contributed by atoms with E-state index in [1.807, 2.05) is 0 Å². The average molecular weight is 270 g/mol. The molecule has 5 N–H and O–H groups in total.